The van der Waals surface area contributed by atoms with E-state index in [9.17, 15) is 14.7 Å². The Balaban J connectivity index is 2.42. The van der Waals surface area contributed by atoms with Crippen molar-refractivity contribution < 1.29 is 14.7 Å². The zero-order valence-corrected chi connectivity index (χ0v) is 12.3. The van der Waals surface area contributed by atoms with Crippen LogP contribution in [0, 0.1) is 0 Å². The molecule has 0 aliphatic carbocycles. The van der Waals surface area contributed by atoms with E-state index in [4.69, 9.17) is 0 Å². The first-order valence-electron chi connectivity index (χ1n) is 6.72. The minimum Gasteiger partial charge on any atom is -0.478 e. The van der Waals surface area contributed by atoms with E-state index in [1.54, 1.807) is 28.9 Å². The fraction of sp³-hybridized carbons (Fsp3) is 0.357. The van der Waals surface area contributed by atoms with Crippen molar-refractivity contribution in [2.24, 2.45) is 7.05 Å². The van der Waals surface area contributed by atoms with Gasteiger partial charge in [-0.15, -0.1) is 0 Å². The first-order valence-corrected chi connectivity index (χ1v) is 6.72. The van der Waals surface area contributed by atoms with E-state index in [1.807, 2.05) is 13.8 Å². The SMILES string of the molecule is CCN(CC)C(=O)Nc1cc(C(=O)O)c2c(c1)ncn2C. The summed E-state index contributed by atoms with van der Waals surface area (Å²) in [4.78, 5) is 29.2. The topological polar surface area (TPSA) is 87.5 Å². The summed E-state index contributed by atoms with van der Waals surface area (Å²) in [7, 11) is 1.73. The maximum atomic E-state index is 12.0. The first kappa shape index (κ1) is 14.8. The number of amides is 2. The van der Waals surface area contributed by atoms with Crippen molar-refractivity contribution in [2.45, 2.75) is 13.8 Å². The molecule has 112 valence electrons. The summed E-state index contributed by atoms with van der Waals surface area (Å²) in [6.45, 7) is 4.93. The molecule has 0 fully saturated rings. The third kappa shape index (κ3) is 2.81. The third-order valence-corrected chi connectivity index (χ3v) is 3.34. The van der Waals surface area contributed by atoms with Crippen LogP contribution in [0.1, 0.15) is 24.2 Å². The van der Waals surface area contributed by atoms with Gasteiger partial charge in [-0.25, -0.2) is 14.6 Å². The number of aryl methyl sites for hydroxylation is 1. The molecule has 2 rings (SSSR count). The Hall–Kier alpha value is -2.57. The largest absolute Gasteiger partial charge is 0.478 e. The molecule has 2 aromatic rings. The summed E-state index contributed by atoms with van der Waals surface area (Å²) < 4.78 is 1.65. The van der Waals surface area contributed by atoms with Crippen molar-refractivity contribution in [3.05, 3.63) is 24.0 Å². The number of hydrogen-bond acceptors (Lipinski definition) is 3. The molecular weight excluding hydrogens is 272 g/mol. The highest BCUT2D eigenvalue weighted by Crippen LogP contribution is 2.23. The molecule has 0 aliphatic rings. The third-order valence-electron chi connectivity index (χ3n) is 3.34. The number of aromatic nitrogens is 2. The van der Waals surface area contributed by atoms with Gasteiger partial charge < -0.3 is 19.9 Å². The van der Waals surface area contributed by atoms with Gasteiger partial charge in [-0.05, 0) is 26.0 Å². The Kier molecular flexibility index (Phi) is 4.11. The van der Waals surface area contributed by atoms with Gasteiger partial charge in [0.1, 0.15) is 0 Å². The Bertz CT molecular complexity index is 689. The average Bonchev–Trinajstić information content (AvgIpc) is 2.81. The highest BCUT2D eigenvalue weighted by atomic mass is 16.4. The molecule has 0 saturated heterocycles. The molecule has 0 spiro atoms. The molecule has 0 radical (unpaired) electrons. The van der Waals surface area contributed by atoms with Gasteiger partial charge in [0.05, 0.1) is 22.9 Å². The van der Waals surface area contributed by atoms with Gasteiger partial charge in [-0.1, -0.05) is 0 Å². The normalized spacial score (nSPS) is 10.6. The number of urea groups is 1. The number of nitrogens with zero attached hydrogens (tertiary/aromatic N) is 3. The molecule has 2 N–H and O–H groups in total. The predicted molar refractivity (Wildman–Crippen MR) is 79.6 cm³/mol. The Labute approximate surface area is 122 Å². The zero-order chi connectivity index (χ0) is 15.6. The minimum atomic E-state index is -1.05. The monoisotopic (exact) mass is 290 g/mol. The molecule has 7 heteroatoms. The molecule has 0 atom stereocenters. The predicted octanol–water partition coefficient (Wildman–Crippen LogP) is 2.15. The molecule has 0 unspecified atom stereocenters. The van der Waals surface area contributed by atoms with E-state index in [0.717, 1.165) is 0 Å². The second-order valence-electron chi connectivity index (χ2n) is 4.65. The lowest BCUT2D eigenvalue weighted by Gasteiger charge is -2.19. The van der Waals surface area contributed by atoms with Gasteiger partial charge in [-0.3, -0.25) is 0 Å². The van der Waals surface area contributed by atoms with Crippen LogP contribution in [0.15, 0.2) is 18.5 Å². The van der Waals surface area contributed by atoms with Crippen LogP contribution in [0.5, 0.6) is 0 Å². The molecular formula is C14H18N4O3. The molecule has 7 nitrogen and oxygen atoms in total. The number of rotatable bonds is 4. The van der Waals surface area contributed by atoms with Crippen LogP contribution < -0.4 is 5.32 Å². The van der Waals surface area contributed by atoms with Crippen LogP contribution in [0.25, 0.3) is 11.0 Å². The number of carboxylic acid groups (broad SMARTS) is 1. The van der Waals surface area contributed by atoms with E-state index >= 15 is 0 Å². The van der Waals surface area contributed by atoms with Crippen molar-refractivity contribution in [3.63, 3.8) is 0 Å². The van der Waals surface area contributed by atoms with Gasteiger partial charge in [0.15, 0.2) is 0 Å². The highest BCUT2D eigenvalue weighted by Gasteiger charge is 2.16. The number of carboxylic acids is 1. The number of anilines is 1. The van der Waals surface area contributed by atoms with Gasteiger partial charge in [0.25, 0.3) is 0 Å². The number of imidazole rings is 1. The Morgan fingerprint density at radius 2 is 2.00 bits per heavy atom. The maximum absolute atomic E-state index is 12.0. The Morgan fingerprint density at radius 1 is 1.33 bits per heavy atom. The summed E-state index contributed by atoms with van der Waals surface area (Å²) in [5, 5.41) is 12.0. The second-order valence-corrected chi connectivity index (χ2v) is 4.65. The molecule has 1 heterocycles. The molecule has 0 bridgehead atoms. The molecule has 0 aliphatic heterocycles. The molecule has 1 aromatic heterocycles. The number of carbonyl (C=O) groups is 2. The van der Waals surface area contributed by atoms with Crippen LogP contribution >= 0.6 is 0 Å². The van der Waals surface area contributed by atoms with E-state index < -0.39 is 5.97 Å². The fourth-order valence-corrected chi connectivity index (χ4v) is 2.24. The second kappa shape index (κ2) is 5.82. The summed E-state index contributed by atoms with van der Waals surface area (Å²) in [5.74, 6) is -1.05. The summed E-state index contributed by atoms with van der Waals surface area (Å²) in [5.41, 5.74) is 1.61. The number of fused-ring (bicyclic) bond motifs is 1. The van der Waals surface area contributed by atoms with Crippen LogP contribution in [0.3, 0.4) is 0 Å². The van der Waals surface area contributed by atoms with Gasteiger partial charge in [0.2, 0.25) is 0 Å². The number of nitrogens with one attached hydrogen (secondary N) is 1. The summed E-state index contributed by atoms with van der Waals surface area (Å²) >= 11 is 0. The van der Waals surface area contributed by atoms with E-state index in [1.165, 1.54) is 6.07 Å². The highest BCUT2D eigenvalue weighted by molar-refractivity contribution is 6.04. The van der Waals surface area contributed by atoms with Gasteiger partial charge >= 0.3 is 12.0 Å². The number of aromatic carboxylic acids is 1. The van der Waals surface area contributed by atoms with Crippen molar-refractivity contribution in [1.82, 2.24) is 14.5 Å². The van der Waals surface area contributed by atoms with Crippen molar-refractivity contribution in [1.29, 1.82) is 0 Å². The standard InChI is InChI=1S/C14H18N4O3/c1-4-18(5-2)14(21)16-9-6-10(13(19)20)12-11(7-9)15-8-17(12)3/h6-8H,4-5H2,1-3H3,(H,16,21)(H,19,20). The van der Waals surface area contributed by atoms with Crippen LogP contribution in [-0.4, -0.2) is 44.6 Å². The van der Waals surface area contributed by atoms with Crippen molar-refractivity contribution in [2.75, 3.05) is 18.4 Å². The smallest absolute Gasteiger partial charge is 0.337 e. The lowest BCUT2D eigenvalue weighted by atomic mass is 10.1. The lowest BCUT2D eigenvalue weighted by Crippen LogP contribution is -2.34. The zero-order valence-electron chi connectivity index (χ0n) is 12.3. The quantitative estimate of drug-likeness (QED) is 0.903. The number of hydrogen-bond donors (Lipinski definition) is 2. The number of carbonyl (C=O) groups excluding carboxylic acids is 1. The van der Waals surface area contributed by atoms with Crippen molar-refractivity contribution >= 4 is 28.7 Å². The lowest BCUT2D eigenvalue weighted by molar-refractivity contribution is 0.0698. The fourth-order valence-electron chi connectivity index (χ4n) is 2.24. The van der Waals surface area contributed by atoms with Crippen LogP contribution in [0.2, 0.25) is 0 Å². The van der Waals surface area contributed by atoms with Crippen LogP contribution in [0.4, 0.5) is 10.5 Å². The molecule has 21 heavy (non-hydrogen) atoms. The minimum absolute atomic E-state index is 0.113. The van der Waals surface area contributed by atoms with Crippen molar-refractivity contribution in [3.8, 4) is 0 Å². The number of benzene rings is 1. The van der Waals surface area contributed by atoms with Gasteiger partial charge in [-0.2, -0.15) is 0 Å². The molecule has 2 amide bonds. The molecule has 0 saturated carbocycles. The average molecular weight is 290 g/mol. The van der Waals surface area contributed by atoms with Gasteiger partial charge in [0, 0.05) is 25.8 Å². The summed E-state index contributed by atoms with van der Waals surface area (Å²) in [6, 6.07) is 2.86. The summed E-state index contributed by atoms with van der Waals surface area (Å²) in [6.07, 6.45) is 1.55. The van der Waals surface area contributed by atoms with E-state index in [0.29, 0.717) is 29.8 Å². The molecule has 1 aromatic carbocycles. The van der Waals surface area contributed by atoms with Crippen LogP contribution in [-0.2, 0) is 7.05 Å². The van der Waals surface area contributed by atoms with E-state index in [-0.39, 0.29) is 11.6 Å². The maximum Gasteiger partial charge on any atom is 0.337 e. The Morgan fingerprint density at radius 3 is 2.57 bits per heavy atom. The van der Waals surface area contributed by atoms with E-state index in [2.05, 4.69) is 10.3 Å². The first-order chi connectivity index (χ1) is 9.97.